The number of carbonyl (C=O) groups excluding carboxylic acids is 1. The summed E-state index contributed by atoms with van der Waals surface area (Å²) in [7, 11) is 3.55. The van der Waals surface area contributed by atoms with E-state index in [0.717, 1.165) is 0 Å². The predicted octanol–water partition coefficient (Wildman–Crippen LogP) is 0.855. The lowest BCUT2D eigenvalue weighted by Crippen LogP contribution is -2.27. The minimum absolute atomic E-state index is 0.0370. The Labute approximate surface area is 60.8 Å². The average Bonchev–Trinajstić information content (AvgIpc) is 1.84. The van der Waals surface area contributed by atoms with Gasteiger partial charge >= 0.3 is 0 Å². The van der Waals surface area contributed by atoms with Crippen LogP contribution in [0.1, 0.15) is 13.3 Å². The Morgan fingerprint density at radius 1 is 1.56 bits per heavy atom. The first-order valence-electron chi connectivity index (χ1n) is 2.84. The molecule has 0 unspecified atom stereocenters. The van der Waals surface area contributed by atoms with Crippen molar-refractivity contribution in [1.82, 2.24) is 4.90 Å². The molecule has 0 N–H and O–H groups in total. The molecule has 0 saturated heterocycles. The second-order valence-electron chi connectivity index (χ2n) is 1.98. The summed E-state index contributed by atoms with van der Waals surface area (Å²) in [6.45, 7) is 1.80. The highest BCUT2D eigenvalue weighted by atomic mass is 32.1. The van der Waals surface area contributed by atoms with Gasteiger partial charge in [-0.25, -0.2) is 0 Å². The van der Waals surface area contributed by atoms with Gasteiger partial charge in [0.25, 0.3) is 0 Å². The van der Waals surface area contributed by atoms with Crippen LogP contribution in [0.3, 0.4) is 0 Å². The molecule has 52 valence electrons. The number of likely N-dealkylation sites (N-methyl/N-ethyl adjacent to an activating group) is 1. The van der Waals surface area contributed by atoms with E-state index in [4.69, 9.17) is 12.2 Å². The number of Topliss-reactive ketones (excluding diaryl/α,β-unsaturated/α-hetero) is 1. The van der Waals surface area contributed by atoms with Gasteiger partial charge in [0.05, 0.1) is 0 Å². The Kier molecular flexibility index (Phi) is 3.39. The van der Waals surface area contributed by atoms with E-state index in [9.17, 15) is 4.79 Å². The first-order chi connectivity index (χ1) is 4.09. The van der Waals surface area contributed by atoms with Crippen molar-refractivity contribution >= 4 is 23.0 Å². The number of thiocarbonyl (C=S) groups is 1. The maximum atomic E-state index is 10.8. The third kappa shape index (κ3) is 2.56. The molecule has 0 rings (SSSR count). The van der Waals surface area contributed by atoms with Gasteiger partial charge in [-0.3, -0.25) is 4.79 Å². The Morgan fingerprint density at radius 2 is 2.00 bits per heavy atom. The highest BCUT2D eigenvalue weighted by molar-refractivity contribution is 7.82. The van der Waals surface area contributed by atoms with Crippen LogP contribution in [-0.2, 0) is 4.79 Å². The predicted molar refractivity (Wildman–Crippen MR) is 41.6 cm³/mol. The lowest BCUT2D eigenvalue weighted by Gasteiger charge is -2.10. The number of carbonyl (C=O) groups is 1. The highest BCUT2D eigenvalue weighted by Crippen LogP contribution is 1.89. The maximum Gasteiger partial charge on any atom is 0.189 e. The van der Waals surface area contributed by atoms with Crippen LogP contribution in [0.25, 0.3) is 0 Å². The number of hydrogen-bond donors (Lipinski definition) is 0. The van der Waals surface area contributed by atoms with E-state index >= 15 is 0 Å². The van der Waals surface area contributed by atoms with Gasteiger partial charge in [0.2, 0.25) is 0 Å². The fourth-order valence-corrected chi connectivity index (χ4v) is 0.545. The number of rotatable bonds is 2. The van der Waals surface area contributed by atoms with Crippen molar-refractivity contribution in [3.05, 3.63) is 0 Å². The van der Waals surface area contributed by atoms with E-state index in [1.807, 2.05) is 0 Å². The summed E-state index contributed by atoms with van der Waals surface area (Å²) in [5, 5.41) is 0. The summed E-state index contributed by atoms with van der Waals surface area (Å²) < 4.78 is 0. The molecule has 0 spiro atoms. The van der Waals surface area contributed by atoms with E-state index in [1.165, 1.54) is 0 Å². The van der Waals surface area contributed by atoms with Gasteiger partial charge in [-0.15, -0.1) is 0 Å². The van der Waals surface area contributed by atoms with Crippen LogP contribution in [-0.4, -0.2) is 29.8 Å². The van der Waals surface area contributed by atoms with Gasteiger partial charge in [-0.2, -0.15) is 0 Å². The average molecular weight is 145 g/mol. The van der Waals surface area contributed by atoms with E-state index in [2.05, 4.69) is 0 Å². The molecule has 0 fully saturated rings. The van der Waals surface area contributed by atoms with Crippen LogP contribution in [0.2, 0.25) is 0 Å². The third-order valence-electron chi connectivity index (χ3n) is 0.966. The van der Waals surface area contributed by atoms with Gasteiger partial charge in [-0.1, -0.05) is 19.1 Å². The van der Waals surface area contributed by atoms with E-state index < -0.39 is 0 Å². The van der Waals surface area contributed by atoms with Crippen LogP contribution < -0.4 is 0 Å². The Hall–Kier alpha value is -0.440. The molecule has 0 aromatic rings. The van der Waals surface area contributed by atoms with Gasteiger partial charge in [0.1, 0.15) is 4.99 Å². The molecule has 0 aliphatic carbocycles. The Bertz CT molecular complexity index is 131. The quantitative estimate of drug-likeness (QED) is 0.537. The van der Waals surface area contributed by atoms with Gasteiger partial charge in [0.15, 0.2) is 5.78 Å². The zero-order valence-corrected chi connectivity index (χ0v) is 6.79. The molecule has 3 heteroatoms. The lowest BCUT2D eigenvalue weighted by atomic mass is 10.3. The molecule has 0 aromatic heterocycles. The first-order valence-corrected chi connectivity index (χ1v) is 3.25. The molecule has 0 bridgehead atoms. The van der Waals surface area contributed by atoms with Crippen molar-refractivity contribution < 1.29 is 4.79 Å². The normalized spacial score (nSPS) is 8.78. The van der Waals surface area contributed by atoms with Gasteiger partial charge < -0.3 is 4.90 Å². The zero-order valence-electron chi connectivity index (χ0n) is 5.97. The molecule has 0 aliphatic heterocycles. The van der Waals surface area contributed by atoms with Gasteiger partial charge in [0, 0.05) is 20.5 Å². The summed E-state index contributed by atoms with van der Waals surface area (Å²) in [5.74, 6) is 0.0370. The highest BCUT2D eigenvalue weighted by Gasteiger charge is 2.06. The van der Waals surface area contributed by atoms with E-state index in [-0.39, 0.29) is 5.78 Å². The van der Waals surface area contributed by atoms with Crippen LogP contribution in [0.5, 0.6) is 0 Å². The first kappa shape index (κ1) is 8.56. The zero-order chi connectivity index (χ0) is 7.44. The molecule has 9 heavy (non-hydrogen) atoms. The number of ketones is 1. The molecule has 0 heterocycles. The number of hydrogen-bond acceptors (Lipinski definition) is 2. The monoisotopic (exact) mass is 145 g/mol. The fraction of sp³-hybridized carbons (Fsp3) is 0.667. The van der Waals surface area contributed by atoms with Crippen LogP contribution >= 0.6 is 12.2 Å². The molecule has 0 aliphatic rings. The third-order valence-corrected chi connectivity index (χ3v) is 1.56. The summed E-state index contributed by atoms with van der Waals surface area (Å²) in [5.41, 5.74) is 0. The van der Waals surface area contributed by atoms with Crippen molar-refractivity contribution in [2.24, 2.45) is 0 Å². The molecule has 0 aromatic carbocycles. The van der Waals surface area contributed by atoms with E-state index in [0.29, 0.717) is 11.4 Å². The lowest BCUT2D eigenvalue weighted by molar-refractivity contribution is -0.113. The van der Waals surface area contributed by atoms with Crippen LogP contribution in [0.4, 0.5) is 0 Å². The fourth-order valence-electron chi connectivity index (χ4n) is 0.401. The molecule has 0 radical (unpaired) electrons. The molecular weight excluding hydrogens is 134 g/mol. The molecule has 0 atom stereocenters. The van der Waals surface area contributed by atoms with Crippen LogP contribution in [0, 0.1) is 0 Å². The molecule has 2 nitrogen and oxygen atoms in total. The van der Waals surface area contributed by atoms with Crippen molar-refractivity contribution in [3.8, 4) is 0 Å². The Balaban J connectivity index is 3.89. The second-order valence-corrected chi connectivity index (χ2v) is 2.36. The van der Waals surface area contributed by atoms with Crippen molar-refractivity contribution in [2.45, 2.75) is 13.3 Å². The standard InChI is InChI=1S/C6H11NOS/c1-4-5(8)6(9)7(2)3/h4H2,1-3H3. The molecular formula is C6H11NOS. The second kappa shape index (κ2) is 3.56. The van der Waals surface area contributed by atoms with Crippen molar-refractivity contribution in [1.29, 1.82) is 0 Å². The summed E-state index contributed by atoms with van der Waals surface area (Å²) in [6, 6.07) is 0. The largest absolute Gasteiger partial charge is 0.366 e. The van der Waals surface area contributed by atoms with Gasteiger partial charge in [-0.05, 0) is 0 Å². The summed E-state index contributed by atoms with van der Waals surface area (Å²) >= 11 is 4.78. The maximum absolute atomic E-state index is 10.8. The minimum Gasteiger partial charge on any atom is -0.366 e. The molecule has 0 saturated carbocycles. The van der Waals surface area contributed by atoms with E-state index in [1.54, 1.807) is 25.9 Å². The molecule has 0 amide bonds. The minimum atomic E-state index is 0.0370. The smallest absolute Gasteiger partial charge is 0.189 e. The summed E-state index contributed by atoms with van der Waals surface area (Å²) in [4.78, 5) is 12.8. The van der Waals surface area contributed by atoms with Crippen molar-refractivity contribution in [2.75, 3.05) is 14.1 Å². The summed E-state index contributed by atoms with van der Waals surface area (Å²) in [6.07, 6.45) is 0.497. The van der Waals surface area contributed by atoms with Crippen molar-refractivity contribution in [3.63, 3.8) is 0 Å². The Morgan fingerprint density at radius 3 is 2.11 bits per heavy atom. The van der Waals surface area contributed by atoms with Crippen LogP contribution in [0.15, 0.2) is 0 Å². The number of nitrogens with zero attached hydrogens (tertiary/aromatic N) is 1. The topological polar surface area (TPSA) is 20.3 Å². The SMILES string of the molecule is CCC(=O)C(=S)N(C)C.